The zero-order valence-electron chi connectivity index (χ0n) is 27.9. The van der Waals surface area contributed by atoms with Gasteiger partial charge in [-0.1, -0.05) is 139 Å². The maximum absolute atomic E-state index is 5.04. The molecular weight excluding hydrogens is 653 g/mol. The fraction of sp³-hybridized carbons (Fsp3) is 0. The van der Waals surface area contributed by atoms with Gasteiger partial charge in [-0.15, -0.1) is 0 Å². The normalized spacial score (nSPS) is 12.2. The van der Waals surface area contributed by atoms with Crippen LogP contribution in [0.15, 0.2) is 180 Å². The molecule has 242 valence electrons. The highest BCUT2D eigenvalue weighted by Gasteiger charge is 2.24. The number of fused-ring (bicyclic) bond motifs is 6. The van der Waals surface area contributed by atoms with Crippen LogP contribution in [0.4, 0.5) is 0 Å². The molecule has 2 aromatic heterocycles. The van der Waals surface area contributed by atoms with Crippen molar-refractivity contribution in [3.63, 3.8) is 0 Å². The van der Waals surface area contributed by atoms with E-state index in [1.807, 2.05) is 72.4 Å². The summed E-state index contributed by atoms with van der Waals surface area (Å²) in [6.07, 6.45) is 0. The molecule has 0 saturated heterocycles. The number of aromatic nitrogens is 4. The zero-order valence-corrected chi connectivity index (χ0v) is 28.7. The van der Waals surface area contributed by atoms with Crippen molar-refractivity contribution >= 4 is 55.1 Å². The van der Waals surface area contributed by atoms with E-state index in [1.54, 1.807) is 0 Å². The second-order valence-corrected chi connectivity index (χ2v) is 14.3. The maximum atomic E-state index is 5.04. The Morgan fingerprint density at radius 1 is 0.385 bits per heavy atom. The van der Waals surface area contributed by atoms with Gasteiger partial charge in [0.15, 0.2) is 17.5 Å². The number of para-hydroxylation sites is 1. The molecule has 4 nitrogen and oxygen atoms in total. The lowest BCUT2D eigenvalue weighted by Gasteiger charge is -2.23. The summed E-state index contributed by atoms with van der Waals surface area (Å²) in [4.78, 5) is 17.5. The highest BCUT2D eigenvalue weighted by atomic mass is 32.2. The van der Waals surface area contributed by atoms with Crippen LogP contribution in [0.3, 0.4) is 0 Å². The van der Waals surface area contributed by atoms with Gasteiger partial charge in [0, 0.05) is 48.0 Å². The van der Waals surface area contributed by atoms with Crippen molar-refractivity contribution in [1.29, 1.82) is 0 Å². The topological polar surface area (TPSA) is 43.6 Å². The van der Waals surface area contributed by atoms with Crippen LogP contribution >= 0.6 is 11.8 Å². The summed E-state index contributed by atoms with van der Waals surface area (Å²) >= 11 is 1.83. The smallest absolute Gasteiger partial charge is 0.164 e. The molecule has 0 radical (unpaired) electrons. The largest absolute Gasteiger partial charge is 0.309 e. The summed E-state index contributed by atoms with van der Waals surface area (Å²) in [7, 11) is 0. The van der Waals surface area contributed by atoms with Gasteiger partial charge in [0.05, 0.1) is 16.7 Å². The fourth-order valence-electron chi connectivity index (χ4n) is 7.80. The van der Waals surface area contributed by atoms with Crippen LogP contribution in [0.1, 0.15) is 0 Å². The minimum atomic E-state index is 0.657. The van der Waals surface area contributed by atoms with E-state index in [9.17, 15) is 0 Å². The van der Waals surface area contributed by atoms with E-state index in [2.05, 4.69) is 114 Å². The molecule has 1 aliphatic heterocycles. The number of benzene rings is 8. The van der Waals surface area contributed by atoms with Crippen molar-refractivity contribution in [2.75, 3.05) is 0 Å². The van der Waals surface area contributed by atoms with Crippen LogP contribution in [0.2, 0.25) is 0 Å². The highest BCUT2D eigenvalue weighted by Crippen LogP contribution is 2.50. The van der Waals surface area contributed by atoms with Gasteiger partial charge in [0.1, 0.15) is 0 Å². The Kier molecular flexibility index (Phi) is 6.45. The van der Waals surface area contributed by atoms with Gasteiger partial charge in [0.2, 0.25) is 0 Å². The average Bonchev–Trinajstić information content (AvgIpc) is 3.53. The molecule has 0 fully saturated rings. The van der Waals surface area contributed by atoms with Gasteiger partial charge in [-0.05, 0) is 64.4 Å². The van der Waals surface area contributed by atoms with Crippen LogP contribution in [-0.4, -0.2) is 19.5 Å². The fourth-order valence-corrected chi connectivity index (χ4v) is 8.91. The molecule has 1 aliphatic rings. The summed E-state index contributed by atoms with van der Waals surface area (Å²) < 4.78 is 2.46. The Balaban J connectivity index is 1.11. The highest BCUT2D eigenvalue weighted by molar-refractivity contribution is 7.99. The molecular formula is C47H28N4S. The number of hydrogen-bond acceptors (Lipinski definition) is 4. The first-order valence-electron chi connectivity index (χ1n) is 17.4. The van der Waals surface area contributed by atoms with Gasteiger partial charge in [-0.2, -0.15) is 0 Å². The minimum absolute atomic E-state index is 0.657. The lowest BCUT2D eigenvalue weighted by atomic mass is 9.95. The first-order valence-corrected chi connectivity index (χ1v) is 18.3. The molecule has 10 aromatic rings. The van der Waals surface area contributed by atoms with E-state index >= 15 is 0 Å². The van der Waals surface area contributed by atoms with Gasteiger partial charge in [0.25, 0.3) is 0 Å². The Labute approximate surface area is 304 Å². The molecule has 0 bridgehead atoms. The van der Waals surface area contributed by atoms with Crippen LogP contribution in [0.25, 0.3) is 94.3 Å². The average molecular weight is 681 g/mol. The quantitative estimate of drug-likeness (QED) is 0.186. The Morgan fingerprint density at radius 2 is 1.00 bits per heavy atom. The molecule has 0 saturated carbocycles. The van der Waals surface area contributed by atoms with E-state index in [1.165, 1.54) is 70.0 Å². The minimum Gasteiger partial charge on any atom is -0.309 e. The summed E-state index contributed by atoms with van der Waals surface area (Å²) in [5.41, 5.74) is 8.89. The predicted octanol–water partition coefficient (Wildman–Crippen LogP) is 12.4. The van der Waals surface area contributed by atoms with Gasteiger partial charge in [-0.3, -0.25) is 0 Å². The Morgan fingerprint density at radius 3 is 1.75 bits per heavy atom. The summed E-state index contributed by atoms with van der Waals surface area (Å²) in [5, 5.41) is 7.52. The van der Waals surface area contributed by atoms with Gasteiger partial charge in [-0.25, -0.2) is 15.0 Å². The molecule has 0 unspecified atom stereocenters. The second-order valence-electron chi connectivity index (χ2n) is 13.2. The molecule has 8 aromatic carbocycles. The maximum Gasteiger partial charge on any atom is 0.164 e. The van der Waals surface area contributed by atoms with E-state index in [4.69, 9.17) is 15.0 Å². The number of hydrogen-bond donors (Lipinski definition) is 0. The lowest BCUT2D eigenvalue weighted by molar-refractivity contribution is 1.07. The Hall–Kier alpha value is -6.56. The molecule has 0 spiro atoms. The molecule has 52 heavy (non-hydrogen) atoms. The monoisotopic (exact) mass is 680 g/mol. The van der Waals surface area contributed by atoms with E-state index in [-0.39, 0.29) is 0 Å². The predicted molar refractivity (Wildman–Crippen MR) is 215 cm³/mol. The van der Waals surface area contributed by atoms with Crippen LogP contribution < -0.4 is 0 Å². The Bertz CT molecular complexity index is 2980. The van der Waals surface area contributed by atoms with E-state index < -0.39 is 0 Å². The molecule has 3 heterocycles. The summed E-state index contributed by atoms with van der Waals surface area (Å²) in [6, 6.07) is 60.4. The molecule has 0 N–H and O–H groups in total. The first-order chi connectivity index (χ1) is 25.8. The molecule has 0 amide bonds. The van der Waals surface area contributed by atoms with Gasteiger partial charge < -0.3 is 4.57 Å². The van der Waals surface area contributed by atoms with Crippen molar-refractivity contribution < 1.29 is 0 Å². The third kappa shape index (κ3) is 4.53. The van der Waals surface area contributed by atoms with Crippen LogP contribution in [-0.2, 0) is 0 Å². The SMILES string of the molecule is c1ccc(-c2nc(-c3ccccc3)nc(-c3ccc4c(c3)-c3cccc5c(-n6c7ccccc7c7cc8ccccc8cc76)ccc(c35)S4)n2)cc1. The number of rotatable bonds is 4. The zero-order chi connectivity index (χ0) is 34.2. The number of nitrogens with zero attached hydrogens (tertiary/aromatic N) is 4. The first kappa shape index (κ1) is 29.2. The third-order valence-electron chi connectivity index (χ3n) is 10.2. The second kappa shape index (κ2) is 11.5. The van der Waals surface area contributed by atoms with Crippen molar-refractivity contribution in [3.8, 4) is 51.0 Å². The van der Waals surface area contributed by atoms with Crippen molar-refractivity contribution in [2.45, 2.75) is 9.79 Å². The molecule has 11 rings (SSSR count). The summed E-state index contributed by atoms with van der Waals surface area (Å²) in [6.45, 7) is 0. The molecule has 0 atom stereocenters. The van der Waals surface area contributed by atoms with Crippen LogP contribution in [0, 0.1) is 0 Å². The van der Waals surface area contributed by atoms with Crippen molar-refractivity contribution in [1.82, 2.24) is 19.5 Å². The van der Waals surface area contributed by atoms with Crippen molar-refractivity contribution in [3.05, 3.63) is 170 Å². The molecule has 5 heteroatoms. The van der Waals surface area contributed by atoms with Crippen molar-refractivity contribution in [2.24, 2.45) is 0 Å². The summed E-state index contributed by atoms with van der Waals surface area (Å²) in [5.74, 6) is 1.98. The third-order valence-corrected chi connectivity index (χ3v) is 11.3. The van der Waals surface area contributed by atoms with Gasteiger partial charge >= 0.3 is 0 Å². The van der Waals surface area contributed by atoms with Crippen LogP contribution in [0.5, 0.6) is 0 Å². The lowest BCUT2D eigenvalue weighted by Crippen LogP contribution is -2.01. The van der Waals surface area contributed by atoms with E-state index in [0.29, 0.717) is 17.5 Å². The molecule has 0 aliphatic carbocycles. The van der Waals surface area contributed by atoms with E-state index in [0.717, 1.165) is 16.7 Å². The standard InChI is InChI=1S/C47H28N4S/c1-3-12-29(13-4-1)45-48-46(30-14-5-2-6-15-30)50-47(49-45)33-22-24-42-38(27-33)35-19-11-20-36-40(23-25-43(52-42)44(35)36)51-39-21-10-9-18-34(39)37-26-31-16-7-8-17-32(31)28-41(37)51/h1-28H.